The maximum absolute atomic E-state index is 13.4. The van der Waals surface area contributed by atoms with E-state index in [-0.39, 0.29) is 6.04 Å². The molecule has 112 valence electrons. The molecular weight excluding hydrogens is 278 g/mol. The third-order valence-corrected chi connectivity index (χ3v) is 3.75. The summed E-state index contributed by atoms with van der Waals surface area (Å²) in [6, 6.07) is 5.52. The van der Waals surface area contributed by atoms with Gasteiger partial charge in [-0.2, -0.15) is 0 Å². The molecule has 0 bridgehead atoms. The first kappa shape index (κ1) is 14.2. The van der Waals surface area contributed by atoms with Crippen molar-refractivity contribution < 1.29 is 18.4 Å². The van der Waals surface area contributed by atoms with Crippen molar-refractivity contribution in [3.63, 3.8) is 0 Å². The molecule has 1 aliphatic heterocycles. The van der Waals surface area contributed by atoms with Crippen LogP contribution in [-0.2, 0) is 6.54 Å². The van der Waals surface area contributed by atoms with Gasteiger partial charge in [0.15, 0.2) is 17.4 Å². The zero-order valence-electron chi connectivity index (χ0n) is 11.6. The fourth-order valence-corrected chi connectivity index (χ4v) is 2.81. The zero-order valence-corrected chi connectivity index (χ0v) is 11.6. The second-order valence-electron chi connectivity index (χ2n) is 5.44. The van der Waals surface area contributed by atoms with Gasteiger partial charge in [0, 0.05) is 18.7 Å². The molecule has 1 fully saturated rings. The topological polar surface area (TPSA) is 49.5 Å². The van der Waals surface area contributed by atoms with Crippen LogP contribution in [0.4, 0.5) is 8.78 Å². The summed E-state index contributed by atoms with van der Waals surface area (Å²) in [5.74, 6) is -1.05. The van der Waals surface area contributed by atoms with Crippen molar-refractivity contribution in [2.24, 2.45) is 0 Å². The van der Waals surface area contributed by atoms with Crippen molar-refractivity contribution in [2.45, 2.75) is 32.0 Å². The normalized spacial score (nSPS) is 22.9. The number of likely N-dealkylation sites (tertiary alicyclic amines) is 1. The van der Waals surface area contributed by atoms with Gasteiger partial charge in [-0.3, -0.25) is 4.90 Å². The van der Waals surface area contributed by atoms with Crippen molar-refractivity contribution in [3.8, 4) is 0 Å². The van der Waals surface area contributed by atoms with E-state index in [0.29, 0.717) is 30.8 Å². The Kier molecular flexibility index (Phi) is 3.73. The van der Waals surface area contributed by atoms with Crippen molar-refractivity contribution in [3.05, 3.63) is 52.9 Å². The molecule has 4 nitrogen and oxygen atoms in total. The average Bonchev–Trinajstić information content (AvgIpc) is 3.00. The van der Waals surface area contributed by atoms with E-state index in [0.717, 1.165) is 11.8 Å². The molecule has 21 heavy (non-hydrogen) atoms. The van der Waals surface area contributed by atoms with Crippen LogP contribution in [0, 0.1) is 18.6 Å². The fourth-order valence-electron chi connectivity index (χ4n) is 2.81. The van der Waals surface area contributed by atoms with Crippen molar-refractivity contribution in [1.82, 2.24) is 10.1 Å². The van der Waals surface area contributed by atoms with Gasteiger partial charge in [-0.1, -0.05) is 11.2 Å². The zero-order chi connectivity index (χ0) is 15.0. The summed E-state index contributed by atoms with van der Waals surface area (Å²) in [6.07, 6.45) is -0.00908. The molecule has 1 N–H and O–H groups in total. The first-order valence-electron chi connectivity index (χ1n) is 6.82. The summed E-state index contributed by atoms with van der Waals surface area (Å²) in [5, 5.41) is 13.7. The highest BCUT2D eigenvalue weighted by atomic mass is 19.2. The first-order valence-corrected chi connectivity index (χ1v) is 6.82. The Labute approximate surface area is 121 Å². The molecule has 1 aromatic heterocycles. The summed E-state index contributed by atoms with van der Waals surface area (Å²) in [6.45, 7) is 2.77. The van der Waals surface area contributed by atoms with Crippen LogP contribution in [0.25, 0.3) is 0 Å². The van der Waals surface area contributed by atoms with E-state index in [1.807, 2.05) is 17.9 Å². The lowest BCUT2D eigenvalue weighted by Gasteiger charge is -2.23. The molecule has 1 saturated heterocycles. The largest absolute Gasteiger partial charge is 0.392 e. The maximum atomic E-state index is 13.4. The van der Waals surface area contributed by atoms with E-state index in [9.17, 15) is 13.9 Å². The third kappa shape index (κ3) is 2.96. The Morgan fingerprint density at radius 1 is 1.33 bits per heavy atom. The highest BCUT2D eigenvalue weighted by Crippen LogP contribution is 2.34. The van der Waals surface area contributed by atoms with Crippen LogP contribution in [0.3, 0.4) is 0 Å². The van der Waals surface area contributed by atoms with Gasteiger partial charge in [0.25, 0.3) is 0 Å². The summed E-state index contributed by atoms with van der Waals surface area (Å²) < 4.78 is 31.6. The number of aryl methyl sites for hydroxylation is 1. The predicted molar refractivity (Wildman–Crippen MR) is 71.4 cm³/mol. The number of hydrogen-bond donors (Lipinski definition) is 1. The van der Waals surface area contributed by atoms with Crippen molar-refractivity contribution in [1.29, 1.82) is 0 Å². The standard InChI is InChI=1S/C15H16F2N2O2/c1-9-4-12(21-18-9)8-19-7-11(20)6-15(19)10-2-3-13(16)14(17)5-10/h2-5,11,15,20H,6-8H2,1H3/t11-,15-/m0/s1. The molecule has 2 aromatic rings. The fraction of sp³-hybridized carbons (Fsp3) is 0.400. The van der Waals surface area contributed by atoms with Gasteiger partial charge in [-0.15, -0.1) is 0 Å². The van der Waals surface area contributed by atoms with Gasteiger partial charge in [0.05, 0.1) is 18.3 Å². The lowest BCUT2D eigenvalue weighted by atomic mass is 10.0. The predicted octanol–water partition coefficient (Wildman–Crippen LogP) is 2.57. The quantitative estimate of drug-likeness (QED) is 0.945. The lowest BCUT2D eigenvalue weighted by molar-refractivity contribution is 0.166. The summed E-state index contributed by atoms with van der Waals surface area (Å²) in [4.78, 5) is 1.98. The van der Waals surface area contributed by atoms with E-state index < -0.39 is 17.7 Å². The monoisotopic (exact) mass is 294 g/mol. The number of benzene rings is 1. The number of aromatic nitrogens is 1. The van der Waals surface area contributed by atoms with E-state index in [2.05, 4.69) is 5.16 Å². The number of rotatable bonds is 3. The highest BCUT2D eigenvalue weighted by molar-refractivity contribution is 5.23. The maximum Gasteiger partial charge on any atom is 0.159 e. The molecule has 0 saturated carbocycles. The number of β-amino-alcohol motifs (C(OH)–C–C–N with tert-alkyl or cyclic N) is 1. The molecular formula is C15H16F2N2O2. The molecule has 0 spiro atoms. The van der Waals surface area contributed by atoms with Gasteiger partial charge < -0.3 is 9.63 Å². The molecule has 2 heterocycles. The van der Waals surface area contributed by atoms with Crippen LogP contribution in [0.2, 0.25) is 0 Å². The van der Waals surface area contributed by atoms with Crippen LogP contribution in [0.15, 0.2) is 28.8 Å². The van der Waals surface area contributed by atoms with Crippen LogP contribution in [0.1, 0.15) is 29.5 Å². The minimum atomic E-state index is -0.871. The number of aliphatic hydroxyl groups excluding tert-OH is 1. The number of nitrogens with zero attached hydrogens (tertiary/aromatic N) is 2. The molecule has 3 rings (SSSR count). The van der Waals surface area contributed by atoms with E-state index in [4.69, 9.17) is 4.52 Å². The van der Waals surface area contributed by atoms with E-state index in [1.54, 1.807) is 6.07 Å². The number of aliphatic hydroxyl groups is 1. The molecule has 0 radical (unpaired) electrons. The van der Waals surface area contributed by atoms with Crippen molar-refractivity contribution >= 4 is 0 Å². The van der Waals surface area contributed by atoms with Gasteiger partial charge >= 0.3 is 0 Å². The van der Waals surface area contributed by atoms with Crippen LogP contribution in [0.5, 0.6) is 0 Å². The van der Waals surface area contributed by atoms with Gasteiger partial charge in [0.1, 0.15) is 0 Å². The Bertz CT molecular complexity index is 644. The van der Waals surface area contributed by atoms with Crippen molar-refractivity contribution in [2.75, 3.05) is 6.54 Å². The first-order chi connectivity index (χ1) is 10.0. The summed E-state index contributed by atoms with van der Waals surface area (Å²) >= 11 is 0. The second-order valence-corrected chi connectivity index (χ2v) is 5.44. The third-order valence-electron chi connectivity index (χ3n) is 3.75. The molecule has 0 aliphatic carbocycles. The molecule has 0 amide bonds. The molecule has 2 atom stereocenters. The Morgan fingerprint density at radius 2 is 2.14 bits per heavy atom. The number of hydrogen-bond acceptors (Lipinski definition) is 4. The van der Waals surface area contributed by atoms with E-state index in [1.165, 1.54) is 6.07 Å². The van der Waals surface area contributed by atoms with Gasteiger partial charge in [-0.05, 0) is 31.0 Å². The second kappa shape index (κ2) is 5.54. The SMILES string of the molecule is Cc1cc(CN2C[C@@H](O)C[C@H]2c2ccc(F)c(F)c2)on1. The molecule has 6 heteroatoms. The van der Waals surface area contributed by atoms with Gasteiger partial charge in [-0.25, -0.2) is 8.78 Å². The summed E-state index contributed by atoms with van der Waals surface area (Å²) in [7, 11) is 0. The Hall–Kier alpha value is -1.79. The highest BCUT2D eigenvalue weighted by Gasteiger charge is 2.33. The molecule has 0 unspecified atom stereocenters. The molecule has 1 aliphatic rings. The minimum absolute atomic E-state index is 0.166. The van der Waals surface area contributed by atoms with Gasteiger partial charge in [0.2, 0.25) is 0 Å². The van der Waals surface area contributed by atoms with Crippen LogP contribution >= 0.6 is 0 Å². The molecule has 1 aromatic carbocycles. The van der Waals surface area contributed by atoms with E-state index >= 15 is 0 Å². The Balaban J connectivity index is 1.83. The lowest BCUT2D eigenvalue weighted by Crippen LogP contribution is -2.24. The average molecular weight is 294 g/mol. The summed E-state index contributed by atoms with van der Waals surface area (Å²) in [5.41, 5.74) is 1.44. The van der Waals surface area contributed by atoms with Crippen LogP contribution in [-0.4, -0.2) is 27.8 Å². The smallest absolute Gasteiger partial charge is 0.159 e. The van der Waals surface area contributed by atoms with Crippen LogP contribution < -0.4 is 0 Å². The Morgan fingerprint density at radius 3 is 2.81 bits per heavy atom. The number of halogens is 2. The minimum Gasteiger partial charge on any atom is -0.392 e.